The molecule has 11 heteroatoms. The quantitative estimate of drug-likeness (QED) is 0.444. The van der Waals surface area contributed by atoms with Crippen LogP contribution < -0.4 is 5.32 Å². The van der Waals surface area contributed by atoms with E-state index in [2.05, 4.69) is 15.5 Å². The Morgan fingerprint density at radius 1 is 1.28 bits per heavy atom. The molecule has 0 saturated carbocycles. The van der Waals surface area contributed by atoms with Crippen molar-refractivity contribution in [2.24, 2.45) is 0 Å². The van der Waals surface area contributed by atoms with Crippen LogP contribution in [0.1, 0.15) is 23.4 Å². The summed E-state index contributed by atoms with van der Waals surface area (Å²) in [4.78, 5) is 22.5. The fraction of sp³-hybridized carbons (Fsp3) is 0.278. The first-order valence-electron chi connectivity index (χ1n) is 8.69. The van der Waals surface area contributed by atoms with Crippen molar-refractivity contribution >= 4 is 40.5 Å². The highest BCUT2D eigenvalue weighted by Gasteiger charge is 2.15. The Morgan fingerprint density at radius 2 is 2.03 bits per heavy atom. The fourth-order valence-electron chi connectivity index (χ4n) is 2.83. The second-order valence-electron chi connectivity index (χ2n) is 6.47. The average molecular weight is 437 g/mol. The van der Waals surface area contributed by atoms with Gasteiger partial charge in [0.25, 0.3) is 0 Å². The summed E-state index contributed by atoms with van der Waals surface area (Å²) in [5.41, 5.74) is 2.95. The van der Waals surface area contributed by atoms with Gasteiger partial charge in [-0.15, -0.1) is 0 Å². The minimum absolute atomic E-state index is 0.110. The Labute approximate surface area is 176 Å². The van der Waals surface area contributed by atoms with Crippen molar-refractivity contribution in [3.63, 3.8) is 0 Å². The van der Waals surface area contributed by atoms with E-state index >= 15 is 0 Å². The van der Waals surface area contributed by atoms with Gasteiger partial charge >= 0.3 is 5.69 Å². The van der Waals surface area contributed by atoms with Gasteiger partial charge in [0.1, 0.15) is 12.4 Å². The maximum atomic E-state index is 12.3. The normalized spacial score (nSPS) is 10.9. The molecule has 2 heterocycles. The average Bonchev–Trinajstić information content (AvgIpc) is 3.24. The minimum atomic E-state index is -0.529. The summed E-state index contributed by atoms with van der Waals surface area (Å²) >= 11 is 12.0. The molecule has 0 saturated heterocycles. The van der Waals surface area contributed by atoms with Crippen LogP contribution in [0.3, 0.4) is 0 Å². The van der Waals surface area contributed by atoms with Crippen molar-refractivity contribution in [2.45, 2.75) is 33.4 Å². The SMILES string of the molecule is Cc1nn(Cc2ccc(Cl)c(Cl)c2)c(C)c1NC(=O)CCn1cc([N+](=O)[O-])cn1. The smallest absolute Gasteiger partial charge is 0.306 e. The Balaban J connectivity index is 1.65. The number of hydrogen-bond acceptors (Lipinski definition) is 5. The molecule has 1 amide bonds. The molecule has 0 atom stereocenters. The second-order valence-corrected chi connectivity index (χ2v) is 7.28. The summed E-state index contributed by atoms with van der Waals surface area (Å²) in [5.74, 6) is -0.233. The van der Waals surface area contributed by atoms with E-state index in [9.17, 15) is 14.9 Å². The number of carbonyl (C=O) groups excluding carboxylic acids is 1. The monoisotopic (exact) mass is 436 g/mol. The van der Waals surface area contributed by atoms with Gasteiger partial charge in [0.15, 0.2) is 0 Å². The van der Waals surface area contributed by atoms with Gasteiger partial charge in [-0.25, -0.2) is 0 Å². The molecule has 0 bridgehead atoms. The number of anilines is 1. The van der Waals surface area contributed by atoms with Gasteiger partial charge in [0, 0.05) is 13.0 Å². The fourth-order valence-corrected chi connectivity index (χ4v) is 3.15. The van der Waals surface area contributed by atoms with Gasteiger partial charge in [-0.1, -0.05) is 29.3 Å². The van der Waals surface area contributed by atoms with Crippen LogP contribution >= 0.6 is 23.2 Å². The molecule has 2 aromatic heterocycles. The van der Waals surface area contributed by atoms with Crippen molar-refractivity contribution < 1.29 is 9.72 Å². The first kappa shape index (κ1) is 20.8. The molecule has 0 unspecified atom stereocenters. The summed E-state index contributed by atoms with van der Waals surface area (Å²) in [7, 11) is 0. The second kappa shape index (κ2) is 8.62. The maximum Gasteiger partial charge on any atom is 0.306 e. The Hall–Kier alpha value is -2.91. The van der Waals surface area contributed by atoms with Gasteiger partial charge in [0.2, 0.25) is 5.91 Å². The number of nitrogens with one attached hydrogen (secondary N) is 1. The lowest BCUT2D eigenvalue weighted by atomic mass is 10.2. The number of aromatic nitrogens is 4. The summed E-state index contributed by atoms with van der Waals surface area (Å²) in [6.45, 7) is 4.39. The molecular weight excluding hydrogens is 419 g/mol. The molecule has 3 rings (SSSR count). The number of halogens is 2. The van der Waals surface area contributed by atoms with Crippen LogP contribution in [-0.2, 0) is 17.9 Å². The summed E-state index contributed by atoms with van der Waals surface area (Å²) in [6, 6.07) is 5.38. The van der Waals surface area contributed by atoms with E-state index in [1.807, 2.05) is 19.9 Å². The van der Waals surface area contributed by atoms with E-state index in [1.54, 1.807) is 16.8 Å². The number of nitro groups is 1. The molecule has 9 nitrogen and oxygen atoms in total. The lowest BCUT2D eigenvalue weighted by Crippen LogP contribution is -2.15. The van der Waals surface area contributed by atoms with E-state index in [1.165, 1.54) is 10.9 Å². The summed E-state index contributed by atoms with van der Waals surface area (Å²) in [5, 5.41) is 22.9. The van der Waals surface area contributed by atoms with Crippen molar-refractivity contribution in [2.75, 3.05) is 5.32 Å². The van der Waals surface area contributed by atoms with Crippen LogP contribution in [0.2, 0.25) is 10.0 Å². The van der Waals surface area contributed by atoms with Crippen LogP contribution in [-0.4, -0.2) is 30.4 Å². The van der Waals surface area contributed by atoms with Crippen LogP contribution in [0.5, 0.6) is 0 Å². The third-order valence-electron chi connectivity index (χ3n) is 4.36. The van der Waals surface area contributed by atoms with Crippen LogP contribution in [0, 0.1) is 24.0 Å². The van der Waals surface area contributed by atoms with Crippen molar-refractivity contribution in [1.82, 2.24) is 19.6 Å². The first-order valence-corrected chi connectivity index (χ1v) is 9.45. The number of rotatable bonds is 7. The minimum Gasteiger partial charge on any atom is -0.323 e. The van der Waals surface area contributed by atoms with E-state index in [0.717, 1.165) is 17.5 Å². The van der Waals surface area contributed by atoms with Crippen molar-refractivity contribution in [3.8, 4) is 0 Å². The Bertz CT molecular complexity index is 1080. The highest BCUT2D eigenvalue weighted by molar-refractivity contribution is 6.42. The molecule has 1 N–H and O–H groups in total. The summed E-state index contributed by atoms with van der Waals surface area (Å²) < 4.78 is 3.15. The van der Waals surface area contributed by atoms with Crippen LogP contribution in [0.15, 0.2) is 30.6 Å². The standard InChI is InChI=1S/C18H18Cl2N6O3/c1-11-18(22-17(27)5-6-24-10-14(8-21-24)26(28)29)12(2)25(23-11)9-13-3-4-15(19)16(20)7-13/h3-4,7-8,10H,5-6,9H2,1-2H3,(H,22,27). The first-order chi connectivity index (χ1) is 13.7. The molecular formula is C18H18Cl2N6O3. The van der Waals surface area contributed by atoms with E-state index in [0.29, 0.717) is 28.0 Å². The molecule has 29 heavy (non-hydrogen) atoms. The predicted octanol–water partition coefficient (Wildman–Crippen LogP) is 3.99. The molecule has 1 aromatic carbocycles. The number of carbonyl (C=O) groups is 1. The van der Waals surface area contributed by atoms with Gasteiger partial charge in [-0.2, -0.15) is 10.2 Å². The van der Waals surface area contributed by atoms with Crippen molar-refractivity contribution in [3.05, 3.63) is 67.7 Å². The molecule has 3 aromatic rings. The number of benzene rings is 1. The van der Waals surface area contributed by atoms with Gasteiger partial charge in [-0.3, -0.25) is 24.3 Å². The maximum absolute atomic E-state index is 12.3. The number of nitrogens with zero attached hydrogens (tertiary/aromatic N) is 5. The topological polar surface area (TPSA) is 108 Å². The van der Waals surface area contributed by atoms with Gasteiger partial charge in [-0.05, 0) is 31.5 Å². The Kier molecular flexibility index (Phi) is 6.19. The number of aryl methyl sites for hydroxylation is 2. The number of hydrogen-bond donors (Lipinski definition) is 1. The van der Waals surface area contributed by atoms with Gasteiger partial charge in [0.05, 0.1) is 38.6 Å². The molecule has 0 spiro atoms. The van der Waals surface area contributed by atoms with Gasteiger partial charge < -0.3 is 5.32 Å². The molecule has 0 aliphatic heterocycles. The zero-order valence-electron chi connectivity index (χ0n) is 15.7. The van der Waals surface area contributed by atoms with E-state index in [-0.39, 0.29) is 24.6 Å². The molecule has 152 valence electrons. The molecule has 0 fully saturated rings. The predicted molar refractivity (Wildman–Crippen MR) is 109 cm³/mol. The largest absolute Gasteiger partial charge is 0.323 e. The third kappa shape index (κ3) is 4.93. The highest BCUT2D eigenvalue weighted by atomic mass is 35.5. The van der Waals surface area contributed by atoms with Crippen molar-refractivity contribution in [1.29, 1.82) is 0 Å². The third-order valence-corrected chi connectivity index (χ3v) is 5.10. The van der Waals surface area contributed by atoms with E-state index < -0.39 is 4.92 Å². The van der Waals surface area contributed by atoms with E-state index in [4.69, 9.17) is 23.2 Å². The zero-order chi connectivity index (χ0) is 21.1. The lowest BCUT2D eigenvalue weighted by molar-refractivity contribution is -0.385. The lowest BCUT2D eigenvalue weighted by Gasteiger charge is -2.08. The zero-order valence-corrected chi connectivity index (χ0v) is 17.2. The van der Waals surface area contributed by atoms with Crippen LogP contribution in [0.4, 0.5) is 11.4 Å². The molecule has 0 aliphatic carbocycles. The molecule has 0 aliphatic rings. The van der Waals surface area contributed by atoms with Crippen LogP contribution in [0.25, 0.3) is 0 Å². The summed E-state index contributed by atoms with van der Waals surface area (Å²) in [6.07, 6.45) is 2.56. The highest BCUT2D eigenvalue weighted by Crippen LogP contribution is 2.25. The number of amides is 1. The molecule has 0 radical (unpaired) electrons. The Morgan fingerprint density at radius 3 is 2.69 bits per heavy atom.